The summed E-state index contributed by atoms with van der Waals surface area (Å²) in [6.07, 6.45) is 3.60. The van der Waals surface area contributed by atoms with E-state index in [-0.39, 0.29) is 18.6 Å². The van der Waals surface area contributed by atoms with Crippen LogP contribution in [-0.2, 0) is 14.3 Å². The van der Waals surface area contributed by atoms with Crippen LogP contribution in [0.3, 0.4) is 0 Å². The van der Waals surface area contributed by atoms with E-state index in [1.165, 1.54) is 0 Å². The molecule has 3 rings (SSSR count). The van der Waals surface area contributed by atoms with Crippen LogP contribution in [0.5, 0.6) is 0 Å². The number of ether oxygens (including phenoxy) is 1. The normalized spacial score (nSPS) is 21.2. The third kappa shape index (κ3) is 4.90. The zero-order valence-electron chi connectivity index (χ0n) is 15.4. The zero-order chi connectivity index (χ0) is 19.4. The molecule has 1 N–H and O–H groups in total. The molecule has 0 saturated carbocycles. The standard InChI is InChI=1S/C19H23N3O4S/c1-21(2)14-7-5-13(6-8-14)10-16-18(24)22(19(25)27-16)12-17(23)20-11-15-4-3-9-26-15/h5-8,10,15H,3-4,9,11-12H2,1-2H3,(H,20,23)/b16-10-/t15-/m1/s1. The molecular weight excluding hydrogens is 366 g/mol. The maximum absolute atomic E-state index is 12.5. The van der Waals surface area contributed by atoms with Gasteiger partial charge >= 0.3 is 0 Å². The molecule has 0 bridgehead atoms. The molecular formula is C19H23N3O4S. The van der Waals surface area contributed by atoms with Gasteiger partial charge in [-0.3, -0.25) is 19.3 Å². The molecule has 3 amide bonds. The molecule has 2 aliphatic heterocycles. The molecule has 27 heavy (non-hydrogen) atoms. The second kappa shape index (κ2) is 8.58. The van der Waals surface area contributed by atoms with Crippen molar-refractivity contribution in [1.82, 2.24) is 10.2 Å². The van der Waals surface area contributed by atoms with Gasteiger partial charge in [0.05, 0.1) is 11.0 Å². The molecule has 1 aromatic rings. The largest absolute Gasteiger partial charge is 0.378 e. The van der Waals surface area contributed by atoms with Crippen molar-refractivity contribution in [2.75, 3.05) is 38.7 Å². The number of anilines is 1. The summed E-state index contributed by atoms with van der Waals surface area (Å²) in [6.45, 7) is 0.849. The molecule has 0 unspecified atom stereocenters. The monoisotopic (exact) mass is 389 g/mol. The Kier molecular flexibility index (Phi) is 6.18. The third-order valence-electron chi connectivity index (χ3n) is 4.43. The maximum atomic E-state index is 12.5. The second-order valence-corrected chi connectivity index (χ2v) is 7.69. The van der Waals surface area contributed by atoms with Gasteiger partial charge in [-0.15, -0.1) is 0 Å². The molecule has 2 heterocycles. The van der Waals surface area contributed by atoms with Crippen molar-refractivity contribution in [3.05, 3.63) is 34.7 Å². The van der Waals surface area contributed by atoms with Gasteiger partial charge in [0.1, 0.15) is 6.54 Å². The predicted octanol–water partition coefficient (Wildman–Crippen LogP) is 2.08. The quantitative estimate of drug-likeness (QED) is 0.751. The first-order valence-corrected chi connectivity index (χ1v) is 9.67. The van der Waals surface area contributed by atoms with E-state index in [0.717, 1.165) is 40.8 Å². The van der Waals surface area contributed by atoms with Gasteiger partial charge in [0.2, 0.25) is 5.91 Å². The minimum absolute atomic E-state index is 0.0221. The Balaban J connectivity index is 1.59. The highest BCUT2D eigenvalue weighted by Crippen LogP contribution is 2.32. The Morgan fingerprint density at radius 2 is 2.07 bits per heavy atom. The number of nitrogens with zero attached hydrogens (tertiary/aromatic N) is 2. The molecule has 8 heteroatoms. The molecule has 7 nitrogen and oxygen atoms in total. The van der Waals surface area contributed by atoms with Crippen LogP contribution in [0, 0.1) is 0 Å². The number of carbonyl (C=O) groups excluding carboxylic acids is 3. The first-order valence-electron chi connectivity index (χ1n) is 8.85. The van der Waals surface area contributed by atoms with Gasteiger partial charge in [0.25, 0.3) is 11.1 Å². The molecule has 2 fully saturated rings. The van der Waals surface area contributed by atoms with Gasteiger partial charge in [-0.1, -0.05) is 12.1 Å². The van der Waals surface area contributed by atoms with Crippen LogP contribution >= 0.6 is 11.8 Å². The van der Waals surface area contributed by atoms with Gasteiger partial charge < -0.3 is 15.0 Å². The van der Waals surface area contributed by atoms with Crippen LogP contribution in [0.2, 0.25) is 0 Å². The number of amides is 3. The first kappa shape index (κ1) is 19.4. The molecule has 0 spiro atoms. The Bertz CT molecular complexity index is 755. The van der Waals surface area contributed by atoms with Crippen LogP contribution in [0.15, 0.2) is 29.2 Å². The fraction of sp³-hybridized carbons (Fsp3) is 0.421. The summed E-state index contributed by atoms with van der Waals surface area (Å²) in [5.41, 5.74) is 1.87. The van der Waals surface area contributed by atoms with Crippen LogP contribution in [0.1, 0.15) is 18.4 Å². The molecule has 144 valence electrons. The predicted molar refractivity (Wildman–Crippen MR) is 105 cm³/mol. The van der Waals surface area contributed by atoms with Gasteiger partial charge in [0.15, 0.2) is 0 Å². The summed E-state index contributed by atoms with van der Waals surface area (Å²) >= 11 is 0.856. The lowest BCUT2D eigenvalue weighted by Gasteiger charge is -2.14. The number of hydrogen-bond acceptors (Lipinski definition) is 6. The van der Waals surface area contributed by atoms with Crippen molar-refractivity contribution < 1.29 is 19.1 Å². The lowest BCUT2D eigenvalue weighted by atomic mass is 10.2. The summed E-state index contributed by atoms with van der Waals surface area (Å²) in [6, 6.07) is 7.65. The van der Waals surface area contributed by atoms with E-state index in [1.807, 2.05) is 43.3 Å². The van der Waals surface area contributed by atoms with E-state index in [9.17, 15) is 14.4 Å². The number of carbonyl (C=O) groups is 3. The Labute approximate surface area is 162 Å². The maximum Gasteiger partial charge on any atom is 0.294 e. The van der Waals surface area contributed by atoms with E-state index in [2.05, 4.69) is 5.32 Å². The number of rotatable bonds is 6. The van der Waals surface area contributed by atoms with E-state index >= 15 is 0 Å². The van der Waals surface area contributed by atoms with Crippen molar-refractivity contribution in [1.29, 1.82) is 0 Å². The van der Waals surface area contributed by atoms with Crippen molar-refractivity contribution in [2.24, 2.45) is 0 Å². The molecule has 0 aliphatic carbocycles. The number of nitrogens with one attached hydrogen (secondary N) is 1. The molecule has 0 radical (unpaired) electrons. The van der Waals surface area contributed by atoms with E-state index in [4.69, 9.17) is 4.74 Å². The van der Waals surface area contributed by atoms with Crippen molar-refractivity contribution in [3.8, 4) is 0 Å². The van der Waals surface area contributed by atoms with Gasteiger partial charge in [-0.2, -0.15) is 0 Å². The van der Waals surface area contributed by atoms with Crippen molar-refractivity contribution >= 4 is 40.6 Å². The smallest absolute Gasteiger partial charge is 0.294 e. The molecule has 1 atom stereocenters. The Morgan fingerprint density at radius 1 is 1.33 bits per heavy atom. The van der Waals surface area contributed by atoms with Crippen molar-refractivity contribution in [2.45, 2.75) is 18.9 Å². The average molecular weight is 389 g/mol. The first-order chi connectivity index (χ1) is 12.9. The number of benzene rings is 1. The fourth-order valence-electron chi connectivity index (χ4n) is 2.89. The molecule has 0 aromatic heterocycles. The minimum Gasteiger partial charge on any atom is -0.378 e. The van der Waals surface area contributed by atoms with E-state index in [1.54, 1.807) is 6.08 Å². The van der Waals surface area contributed by atoms with Crippen LogP contribution < -0.4 is 10.2 Å². The van der Waals surface area contributed by atoms with Crippen LogP contribution in [0.25, 0.3) is 6.08 Å². The average Bonchev–Trinajstić information content (AvgIpc) is 3.25. The van der Waals surface area contributed by atoms with E-state index in [0.29, 0.717) is 18.1 Å². The molecule has 2 saturated heterocycles. The lowest BCUT2D eigenvalue weighted by molar-refractivity contribution is -0.129. The number of hydrogen-bond donors (Lipinski definition) is 1. The fourth-order valence-corrected chi connectivity index (χ4v) is 3.73. The van der Waals surface area contributed by atoms with Crippen LogP contribution in [-0.4, -0.2) is 61.8 Å². The topological polar surface area (TPSA) is 79.0 Å². The Hall–Kier alpha value is -2.32. The van der Waals surface area contributed by atoms with Crippen LogP contribution in [0.4, 0.5) is 10.5 Å². The van der Waals surface area contributed by atoms with Gasteiger partial charge in [-0.05, 0) is 48.4 Å². The summed E-state index contributed by atoms with van der Waals surface area (Å²) in [5, 5.41) is 2.30. The molecule has 2 aliphatic rings. The highest BCUT2D eigenvalue weighted by Gasteiger charge is 2.36. The van der Waals surface area contributed by atoms with Gasteiger partial charge in [0, 0.05) is 32.9 Å². The second-order valence-electron chi connectivity index (χ2n) is 6.69. The zero-order valence-corrected chi connectivity index (χ0v) is 16.3. The summed E-state index contributed by atoms with van der Waals surface area (Å²) in [4.78, 5) is 40.0. The van der Waals surface area contributed by atoms with E-state index < -0.39 is 11.1 Å². The summed E-state index contributed by atoms with van der Waals surface area (Å²) in [7, 11) is 3.90. The summed E-state index contributed by atoms with van der Waals surface area (Å²) in [5.74, 6) is -0.793. The number of imide groups is 1. The lowest BCUT2D eigenvalue weighted by Crippen LogP contribution is -2.41. The highest BCUT2D eigenvalue weighted by molar-refractivity contribution is 8.18. The SMILES string of the molecule is CN(C)c1ccc(/C=C2\SC(=O)N(CC(=O)NC[C@H]3CCCO3)C2=O)cc1. The number of thioether (sulfide) groups is 1. The third-order valence-corrected chi connectivity index (χ3v) is 5.34. The summed E-state index contributed by atoms with van der Waals surface area (Å²) < 4.78 is 5.44. The highest BCUT2D eigenvalue weighted by atomic mass is 32.2. The van der Waals surface area contributed by atoms with Crippen molar-refractivity contribution in [3.63, 3.8) is 0 Å². The molecule has 1 aromatic carbocycles. The Morgan fingerprint density at radius 3 is 2.70 bits per heavy atom. The van der Waals surface area contributed by atoms with Gasteiger partial charge in [-0.25, -0.2) is 0 Å². The minimum atomic E-state index is -0.436.